The Morgan fingerprint density at radius 2 is 1.32 bits per heavy atom. The van der Waals surface area contributed by atoms with Gasteiger partial charge in [-0.2, -0.15) is 0 Å². The molecule has 7 aliphatic rings. The van der Waals surface area contributed by atoms with Crippen LogP contribution in [-0.4, -0.2) is 187 Å². The molecule has 1 spiro atoms. The number of rotatable bonds is 13. The molecule has 0 aromatic rings. The van der Waals surface area contributed by atoms with Gasteiger partial charge in [-0.15, -0.1) is 0 Å². The number of aliphatic hydroxyl groups excluding tert-OH is 10. The third-order valence-corrected chi connectivity index (χ3v) is 16.4. The number of hydrogen-bond donors (Lipinski definition) is 11. The van der Waals surface area contributed by atoms with Gasteiger partial charge in [0.15, 0.2) is 24.7 Å². The molecular formula is C43H69NO18. The zero-order valence-corrected chi connectivity index (χ0v) is 36.0. The van der Waals surface area contributed by atoms with Crippen molar-refractivity contribution in [2.75, 3.05) is 26.4 Å². The van der Waals surface area contributed by atoms with Crippen molar-refractivity contribution in [1.29, 1.82) is 0 Å². The molecule has 19 nitrogen and oxygen atoms in total. The van der Waals surface area contributed by atoms with Gasteiger partial charge in [0, 0.05) is 11.3 Å². The second kappa shape index (κ2) is 18.1. The predicted molar refractivity (Wildman–Crippen MR) is 212 cm³/mol. The SMILES string of the molecule is C=C1C[C@@]23CC[C@H]4[C@@](C)(CCC[C@@]4(C)C(=O)N[C@H](C)C(=O)CO)[C@@H]2CC[C@]1(O[C@@H]1O[C@H](CO)[C@@H](O)[C@H](O[C@@H]2O[C@H](CO)[C@@H](C)[C@H](O)[C@H]2O)[C@H]1O[C@@H]1O[C@H](CO)[C@@H](O)[C@H](O)[C@H]1O)C3. The maximum Gasteiger partial charge on any atom is 0.226 e. The van der Waals surface area contributed by atoms with E-state index in [1.165, 1.54) is 0 Å². The van der Waals surface area contributed by atoms with Gasteiger partial charge in [0.2, 0.25) is 5.91 Å². The molecule has 1 amide bonds. The van der Waals surface area contributed by atoms with Gasteiger partial charge >= 0.3 is 0 Å². The Kier molecular flexibility index (Phi) is 14.1. The summed E-state index contributed by atoms with van der Waals surface area (Å²) >= 11 is 0. The summed E-state index contributed by atoms with van der Waals surface area (Å²) in [4.78, 5) is 26.2. The summed E-state index contributed by atoms with van der Waals surface area (Å²) in [5.74, 6) is -1.20. The van der Waals surface area contributed by atoms with E-state index in [4.69, 9.17) is 28.4 Å². The molecule has 19 heteroatoms. The third-order valence-electron chi connectivity index (χ3n) is 16.4. The molecule has 0 aromatic carbocycles. The molecule has 0 radical (unpaired) electrons. The number of hydrogen-bond acceptors (Lipinski definition) is 18. The van der Waals surface area contributed by atoms with Crippen molar-refractivity contribution in [3.8, 4) is 0 Å². The summed E-state index contributed by atoms with van der Waals surface area (Å²) < 4.78 is 37.4. The smallest absolute Gasteiger partial charge is 0.226 e. The van der Waals surface area contributed by atoms with Crippen LogP contribution in [0.1, 0.15) is 85.5 Å². The monoisotopic (exact) mass is 887 g/mol. The highest BCUT2D eigenvalue weighted by Crippen LogP contribution is 2.73. The van der Waals surface area contributed by atoms with Crippen molar-refractivity contribution >= 4 is 11.7 Å². The first-order valence-corrected chi connectivity index (χ1v) is 22.2. The lowest BCUT2D eigenvalue weighted by Crippen LogP contribution is -2.67. The van der Waals surface area contributed by atoms with Gasteiger partial charge < -0.3 is 84.8 Å². The summed E-state index contributed by atoms with van der Waals surface area (Å²) in [5.41, 5.74) is -1.57. The number of carbonyl (C=O) groups excluding carboxylic acids is 2. The first-order chi connectivity index (χ1) is 29.2. The molecule has 3 aliphatic heterocycles. The third kappa shape index (κ3) is 8.02. The van der Waals surface area contributed by atoms with E-state index in [0.717, 1.165) is 31.3 Å². The fraction of sp³-hybridized carbons (Fsp3) is 0.907. The number of nitrogens with one attached hydrogen (secondary N) is 1. The lowest BCUT2D eigenvalue weighted by atomic mass is 9.40. The number of ether oxygens (including phenoxy) is 6. The number of aliphatic hydroxyl groups is 10. The molecule has 4 aliphatic carbocycles. The Labute approximate surface area is 361 Å². The minimum Gasteiger partial charge on any atom is -0.394 e. The van der Waals surface area contributed by atoms with Crippen molar-refractivity contribution in [1.82, 2.24) is 5.32 Å². The number of ketones is 1. The number of carbonyl (C=O) groups is 2. The van der Waals surface area contributed by atoms with Gasteiger partial charge in [0.05, 0.1) is 43.7 Å². The van der Waals surface area contributed by atoms with Gasteiger partial charge in [-0.3, -0.25) is 9.59 Å². The van der Waals surface area contributed by atoms with E-state index in [2.05, 4.69) is 18.8 Å². The Hall–Kier alpha value is -1.76. The van der Waals surface area contributed by atoms with Crippen LogP contribution in [0.3, 0.4) is 0 Å². The van der Waals surface area contributed by atoms with Crippen molar-refractivity contribution in [2.45, 2.75) is 183 Å². The second-order valence-corrected chi connectivity index (χ2v) is 19.9. The predicted octanol–water partition coefficient (Wildman–Crippen LogP) is -2.12. The topological polar surface area (TPSA) is 304 Å². The van der Waals surface area contributed by atoms with E-state index in [9.17, 15) is 60.7 Å². The van der Waals surface area contributed by atoms with Gasteiger partial charge in [-0.25, -0.2) is 0 Å². The van der Waals surface area contributed by atoms with E-state index >= 15 is 0 Å². The van der Waals surface area contributed by atoms with Gasteiger partial charge in [0.1, 0.15) is 61.5 Å². The summed E-state index contributed by atoms with van der Waals surface area (Å²) in [6.07, 6.45) is -16.1. The highest BCUT2D eigenvalue weighted by Gasteiger charge is 2.69. The molecule has 3 heterocycles. The van der Waals surface area contributed by atoms with Crippen LogP contribution >= 0.6 is 0 Å². The van der Waals surface area contributed by atoms with E-state index in [-0.39, 0.29) is 28.6 Å². The van der Waals surface area contributed by atoms with Crippen LogP contribution in [0.4, 0.5) is 0 Å². The quantitative estimate of drug-likeness (QED) is 0.0696. The van der Waals surface area contributed by atoms with E-state index in [0.29, 0.717) is 32.1 Å². The molecule has 7 fully saturated rings. The zero-order chi connectivity index (χ0) is 45.3. The molecule has 11 N–H and O–H groups in total. The van der Waals surface area contributed by atoms with Crippen molar-refractivity contribution < 1.29 is 89.1 Å². The Morgan fingerprint density at radius 1 is 0.742 bits per heavy atom. The lowest BCUT2D eigenvalue weighted by molar-refractivity contribution is -0.398. The first kappa shape index (κ1) is 48.2. The number of amides is 1. The minimum atomic E-state index is -1.89. The van der Waals surface area contributed by atoms with Crippen LogP contribution in [0.25, 0.3) is 0 Å². The number of fused-ring (bicyclic) bond motifs is 3. The molecule has 62 heavy (non-hydrogen) atoms. The highest BCUT2D eigenvalue weighted by atomic mass is 16.8. The molecule has 0 aromatic heterocycles. The van der Waals surface area contributed by atoms with Crippen LogP contribution in [-0.2, 0) is 38.0 Å². The van der Waals surface area contributed by atoms with Crippen molar-refractivity contribution in [3.63, 3.8) is 0 Å². The van der Waals surface area contributed by atoms with Gasteiger partial charge in [-0.1, -0.05) is 33.8 Å². The molecule has 2 bridgehead atoms. The van der Waals surface area contributed by atoms with Crippen LogP contribution < -0.4 is 5.32 Å². The van der Waals surface area contributed by atoms with E-state index in [1.807, 2.05) is 6.92 Å². The van der Waals surface area contributed by atoms with Crippen LogP contribution in [0.15, 0.2) is 12.2 Å². The molecule has 354 valence electrons. The van der Waals surface area contributed by atoms with Gasteiger partial charge in [0.25, 0.3) is 0 Å². The maximum atomic E-state index is 14.0. The fourth-order valence-electron chi connectivity index (χ4n) is 12.9. The Bertz CT molecular complexity index is 1640. The molecule has 22 atom stereocenters. The molecule has 0 unspecified atom stereocenters. The van der Waals surface area contributed by atoms with Crippen LogP contribution in [0.2, 0.25) is 0 Å². The van der Waals surface area contributed by atoms with Crippen molar-refractivity contribution in [3.05, 3.63) is 12.2 Å². The maximum absolute atomic E-state index is 14.0. The summed E-state index contributed by atoms with van der Waals surface area (Å²) in [6, 6.07) is -0.821. The normalized spacial score (nSPS) is 50.9. The number of Topliss-reactive ketones (excluding diaryl/α,β-unsaturated/α-hetero) is 1. The summed E-state index contributed by atoms with van der Waals surface area (Å²) in [5, 5.41) is 109. The zero-order valence-electron chi connectivity index (χ0n) is 36.0. The first-order valence-electron chi connectivity index (χ1n) is 22.2. The Morgan fingerprint density at radius 3 is 1.97 bits per heavy atom. The fourth-order valence-corrected chi connectivity index (χ4v) is 12.9. The largest absolute Gasteiger partial charge is 0.394 e. The molecular weight excluding hydrogens is 818 g/mol. The van der Waals surface area contributed by atoms with Crippen LogP contribution in [0, 0.1) is 34.0 Å². The highest BCUT2D eigenvalue weighted by molar-refractivity contribution is 5.91. The molecule has 7 rings (SSSR count). The van der Waals surface area contributed by atoms with Crippen LogP contribution in [0.5, 0.6) is 0 Å². The summed E-state index contributed by atoms with van der Waals surface area (Å²) in [6.45, 7) is 9.26. The Balaban J connectivity index is 1.19. The molecule has 4 saturated carbocycles. The van der Waals surface area contributed by atoms with E-state index in [1.54, 1.807) is 13.8 Å². The standard InChI is InChI=1S/C43H69NO18/c1-19-13-42-11-7-26-40(4,9-6-10-41(26,5)39(56)44-21(3)22(49)14-45)27(42)8-12-43(19,18-42)62-38-35(61-37-33(55)31(53)29(51)24(16-47)58-37)34(30(52)25(17-48)59-38)60-36-32(54)28(50)20(2)23(15-46)57-36/h20-21,23-38,45-48,50-55H,1,6-18H2,2-5H3,(H,44,56)/t20-,21-,23-,24-,25-,26+,27+,28+,29-,30-,31+,32-,33-,34+,35-,36+,37+,38+,40-,41-,42-,43+/m1/s1. The second-order valence-electron chi connectivity index (χ2n) is 19.9. The van der Waals surface area contributed by atoms with Crippen molar-refractivity contribution in [2.24, 2.45) is 34.0 Å². The average molecular weight is 888 g/mol. The van der Waals surface area contributed by atoms with Gasteiger partial charge in [-0.05, 0) is 86.5 Å². The minimum absolute atomic E-state index is 0.00471. The lowest BCUT2D eigenvalue weighted by Gasteiger charge is -2.64. The molecule has 3 saturated heterocycles. The summed E-state index contributed by atoms with van der Waals surface area (Å²) in [7, 11) is 0. The average Bonchev–Trinajstić information content (AvgIpc) is 3.44. The van der Waals surface area contributed by atoms with E-state index < -0.39 is 141 Å².